The maximum Gasteiger partial charge on any atom is 0.389 e. The minimum absolute atomic E-state index is 0.0140. The molecule has 0 unspecified atom stereocenters. The van der Waals surface area contributed by atoms with Crippen LogP contribution in [0.3, 0.4) is 0 Å². The number of benzene rings is 1. The standard InChI is InChI=1S/C13H11F3O2/c1-8-2-3-11-9(6-8)7-12(18-11)10(17)4-5-13(14,15)16/h2-3,6-7H,4-5H2,1H3. The first kappa shape index (κ1) is 12.7. The number of hydrogen-bond donors (Lipinski definition) is 0. The summed E-state index contributed by atoms with van der Waals surface area (Å²) in [7, 11) is 0. The largest absolute Gasteiger partial charge is 0.453 e. The number of Topliss-reactive ketones (excluding diaryl/α,β-unsaturated/α-hetero) is 1. The Hall–Kier alpha value is -1.78. The van der Waals surface area contributed by atoms with Gasteiger partial charge in [-0.15, -0.1) is 0 Å². The Kier molecular flexibility index (Phi) is 3.15. The number of rotatable bonds is 3. The van der Waals surface area contributed by atoms with Crippen molar-refractivity contribution in [2.24, 2.45) is 0 Å². The highest BCUT2D eigenvalue weighted by Crippen LogP contribution is 2.25. The van der Waals surface area contributed by atoms with Crippen molar-refractivity contribution in [1.82, 2.24) is 0 Å². The van der Waals surface area contributed by atoms with Crippen LogP contribution in [0.2, 0.25) is 0 Å². The van der Waals surface area contributed by atoms with Gasteiger partial charge in [0.15, 0.2) is 11.5 Å². The Labute approximate surface area is 101 Å². The van der Waals surface area contributed by atoms with Gasteiger partial charge in [0.2, 0.25) is 0 Å². The van der Waals surface area contributed by atoms with Crippen molar-refractivity contribution in [3.05, 3.63) is 35.6 Å². The SMILES string of the molecule is Cc1ccc2oc(C(=O)CCC(F)(F)F)cc2c1. The molecule has 0 atom stereocenters. The molecule has 0 aliphatic carbocycles. The van der Waals surface area contributed by atoms with E-state index in [-0.39, 0.29) is 5.76 Å². The maximum atomic E-state index is 12.0. The molecule has 1 aromatic carbocycles. The molecule has 0 aliphatic rings. The fourth-order valence-corrected chi connectivity index (χ4v) is 1.68. The van der Waals surface area contributed by atoms with E-state index < -0.39 is 24.8 Å². The van der Waals surface area contributed by atoms with E-state index in [1.54, 1.807) is 6.07 Å². The molecule has 0 radical (unpaired) electrons. The van der Waals surface area contributed by atoms with Gasteiger partial charge in [0.05, 0.1) is 6.42 Å². The van der Waals surface area contributed by atoms with E-state index in [1.807, 2.05) is 19.1 Å². The van der Waals surface area contributed by atoms with Crippen LogP contribution in [-0.2, 0) is 0 Å². The predicted octanol–water partition coefficient (Wildman–Crippen LogP) is 4.27. The molecule has 18 heavy (non-hydrogen) atoms. The smallest absolute Gasteiger partial charge is 0.389 e. The summed E-state index contributed by atoms with van der Waals surface area (Å²) in [6.45, 7) is 1.89. The lowest BCUT2D eigenvalue weighted by molar-refractivity contribution is -0.133. The van der Waals surface area contributed by atoms with Crippen LogP contribution in [0.25, 0.3) is 11.0 Å². The van der Waals surface area contributed by atoms with E-state index in [0.717, 1.165) is 10.9 Å². The molecular formula is C13H11F3O2. The second-order valence-electron chi connectivity index (χ2n) is 4.19. The summed E-state index contributed by atoms with van der Waals surface area (Å²) in [5.41, 5.74) is 1.51. The van der Waals surface area contributed by atoms with Gasteiger partial charge < -0.3 is 4.42 Å². The van der Waals surface area contributed by atoms with E-state index in [9.17, 15) is 18.0 Å². The van der Waals surface area contributed by atoms with Gasteiger partial charge in [0.1, 0.15) is 5.58 Å². The second-order valence-corrected chi connectivity index (χ2v) is 4.19. The summed E-state index contributed by atoms with van der Waals surface area (Å²) in [5, 5.41) is 0.727. The van der Waals surface area contributed by atoms with E-state index in [4.69, 9.17) is 4.42 Å². The number of alkyl halides is 3. The van der Waals surface area contributed by atoms with Gasteiger partial charge in [0, 0.05) is 11.8 Å². The van der Waals surface area contributed by atoms with Gasteiger partial charge in [-0.25, -0.2) is 0 Å². The molecule has 0 saturated heterocycles. The van der Waals surface area contributed by atoms with Crippen molar-refractivity contribution in [2.75, 3.05) is 0 Å². The first-order chi connectivity index (χ1) is 8.35. The quantitative estimate of drug-likeness (QED) is 0.768. The predicted molar refractivity (Wildman–Crippen MR) is 60.6 cm³/mol. The Morgan fingerprint density at radius 3 is 2.67 bits per heavy atom. The molecule has 0 saturated carbocycles. The van der Waals surface area contributed by atoms with Crippen molar-refractivity contribution >= 4 is 16.8 Å². The molecule has 5 heteroatoms. The highest BCUT2D eigenvalue weighted by molar-refractivity contribution is 5.97. The summed E-state index contributed by atoms with van der Waals surface area (Å²) in [6.07, 6.45) is -6.03. The summed E-state index contributed by atoms with van der Waals surface area (Å²) in [6, 6.07) is 6.82. The van der Waals surface area contributed by atoms with Crippen molar-refractivity contribution in [3.63, 3.8) is 0 Å². The summed E-state index contributed by atoms with van der Waals surface area (Å²) in [5.74, 6) is -0.638. The van der Waals surface area contributed by atoms with Crippen LogP contribution >= 0.6 is 0 Å². The minimum Gasteiger partial charge on any atom is -0.453 e. The van der Waals surface area contributed by atoms with Gasteiger partial charge >= 0.3 is 6.18 Å². The van der Waals surface area contributed by atoms with Gasteiger partial charge in [-0.3, -0.25) is 4.79 Å². The zero-order chi connectivity index (χ0) is 13.3. The van der Waals surface area contributed by atoms with E-state index in [1.165, 1.54) is 6.07 Å². The number of aryl methyl sites for hydroxylation is 1. The molecule has 2 rings (SSSR count). The average Bonchev–Trinajstić information content (AvgIpc) is 2.67. The fourth-order valence-electron chi connectivity index (χ4n) is 1.68. The zero-order valence-corrected chi connectivity index (χ0v) is 9.67. The Morgan fingerprint density at radius 1 is 1.28 bits per heavy atom. The number of furan rings is 1. The molecule has 1 heterocycles. The third kappa shape index (κ3) is 2.91. The number of hydrogen-bond acceptors (Lipinski definition) is 2. The van der Waals surface area contributed by atoms with Crippen LogP contribution in [-0.4, -0.2) is 12.0 Å². The van der Waals surface area contributed by atoms with Crippen LogP contribution in [0.1, 0.15) is 29.0 Å². The number of carbonyl (C=O) groups excluding carboxylic acids is 1. The summed E-state index contributed by atoms with van der Waals surface area (Å²) >= 11 is 0. The maximum absolute atomic E-state index is 12.0. The molecule has 96 valence electrons. The number of fused-ring (bicyclic) bond motifs is 1. The number of ketones is 1. The van der Waals surface area contributed by atoms with Gasteiger partial charge in [-0.05, 0) is 25.1 Å². The van der Waals surface area contributed by atoms with Crippen molar-refractivity contribution in [3.8, 4) is 0 Å². The van der Waals surface area contributed by atoms with E-state index >= 15 is 0 Å². The van der Waals surface area contributed by atoms with Crippen LogP contribution in [0.4, 0.5) is 13.2 Å². The zero-order valence-electron chi connectivity index (χ0n) is 9.67. The number of halogens is 3. The highest BCUT2D eigenvalue weighted by atomic mass is 19.4. The molecule has 2 aromatic rings. The number of carbonyl (C=O) groups is 1. The lowest BCUT2D eigenvalue weighted by atomic mass is 10.1. The van der Waals surface area contributed by atoms with Gasteiger partial charge in [-0.1, -0.05) is 11.6 Å². The Balaban J connectivity index is 2.18. The van der Waals surface area contributed by atoms with Gasteiger partial charge in [-0.2, -0.15) is 13.2 Å². The Bertz CT molecular complexity index is 581. The third-order valence-electron chi connectivity index (χ3n) is 2.58. The van der Waals surface area contributed by atoms with Crippen molar-refractivity contribution < 1.29 is 22.4 Å². The minimum atomic E-state index is -4.32. The van der Waals surface area contributed by atoms with Crippen molar-refractivity contribution in [2.45, 2.75) is 25.9 Å². The molecule has 2 nitrogen and oxygen atoms in total. The molecule has 0 aliphatic heterocycles. The van der Waals surface area contributed by atoms with Crippen LogP contribution in [0.15, 0.2) is 28.7 Å². The molecule has 0 N–H and O–H groups in total. The normalized spacial score (nSPS) is 12.0. The van der Waals surface area contributed by atoms with Crippen molar-refractivity contribution in [1.29, 1.82) is 0 Å². The van der Waals surface area contributed by atoms with E-state index in [0.29, 0.717) is 5.58 Å². The fraction of sp³-hybridized carbons (Fsp3) is 0.308. The molecule has 0 spiro atoms. The third-order valence-corrected chi connectivity index (χ3v) is 2.58. The first-order valence-electron chi connectivity index (χ1n) is 5.45. The van der Waals surface area contributed by atoms with Crippen LogP contribution < -0.4 is 0 Å². The molecule has 0 fully saturated rings. The lowest BCUT2D eigenvalue weighted by Gasteiger charge is -2.03. The first-order valence-corrected chi connectivity index (χ1v) is 5.45. The average molecular weight is 256 g/mol. The van der Waals surface area contributed by atoms with Gasteiger partial charge in [0.25, 0.3) is 0 Å². The second kappa shape index (κ2) is 4.48. The molecular weight excluding hydrogens is 245 g/mol. The highest BCUT2D eigenvalue weighted by Gasteiger charge is 2.28. The summed E-state index contributed by atoms with van der Waals surface area (Å²) < 4.78 is 41.3. The van der Waals surface area contributed by atoms with E-state index in [2.05, 4.69) is 0 Å². The molecule has 0 bridgehead atoms. The Morgan fingerprint density at radius 2 is 2.00 bits per heavy atom. The summed E-state index contributed by atoms with van der Waals surface area (Å²) in [4.78, 5) is 11.6. The molecule has 1 aromatic heterocycles. The topological polar surface area (TPSA) is 30.2 Å². The van der Waals surface area contributed by atoms with Crippen LogP contribution in [0.5, 0.6) is 0 Å². The monoisotopic (exact) mass is 256 g/mol. The molecule has 0 amide bonds. The lowest BCUT2D eigenvalue weighted by Crippen LogP contribution is -2.10. The van der Waals surface area contributed by atoms with Crippen LogP contribution in [0, 0.1) is 6.92 Å².